The second-order valence-electron chi connectivity index (χ2n) is 2.91. The monoisotopic (exact) mass is 163 g/mol. The summed E-state index contributed by atoms with van der Waals surface area (Å²) in [5, 5.41) is 8.46. The van der Waals surface area contributed by atoms with Gasteiger partial charge in [-0.3, -0.25) is 0 Å². The van der Waals surface area contributed by atoms with E-state index in [-0.39, 0.29) is 11.3 Å². The van der Waals surface area contributed by atoms with Gasteiger partial charge in [0.2, 0.25) is 0 Å². The maximum atomic E-state index is 8.46. The number of alkyl halides is 2. The molecule has 1 fully saturated rings. The lowest BCUT2D eigenvalue weighted by molar-refractivity contribution is 0.608. The van der Waals surface area contributed by atoms with Crippen LogP contribution in [-0.4, -0.2) is 4.33 Å². The molecule has 0 spiro atoms. The first-order valence-electron chi connectivity index (χ1n) is 2.72. The molecule has 0 aliphatic heterocycles. The van der Waals surface area contributed by atoms with E-state index < -0.39 is 4.33 Å². The predicted octanol–water partition coefficient (Wildman–Crippen LogP) is 2.34. The Hall–Kier alpha value is 0.0700. The van der Waals surface area contributed by atoms with Crippen molar-refractivity contribution in [2.24, 2.45) is 11.3 Å². The van der Waals surface area contributed by atoms with Gasteiger partial charge in [-0.05, 0) is 0 Å². The maximum Gasteiger partial charge on any atom is 0.141 e. The molecule has 1 atom stereocenters. The molecule has 9 heavy (non-hydrogen) atoms. The van der Waals surface area contributed by atoms with Crippen molar-refractivity contribution in [2.45, 2.75) is 18.2 Å². The summed E-state index contributed by atoms with van der Waals surface area (Å²) in [5.74, 6) is -0.201. The molecule has 0 saturated heterocycles. The average Bonchev–Trinajstić information content (AvgIpc) is 2.00. The summed E-state index contributed by atoms with van der Waals surface area (Å²) in [6, 6.07) is 2.06. The third kappa shape index (κ3) is 0.670. The van der Waals surface area contributed by atoms with Crippen LogP contribution in [0.4, 0.5) is 0 Å². The molecule has 0 N–H and O–H groups in total. The Balaban J connectivity index is 2.81. The fourth-order valence-electron chi connectivity index (χ4n) is 0.900. The molecular weight excluding hydrogens is 157 g/mol. The van der Waals surface area contributed by atoms with Crippen LogP contribution < -0.4 is 0 Å². The second kappa shape index (κ2) is 1.56. The van der Waals surface area contributed by atoms with Crippen LogP contribution >= 0.6 is 23.2 Å². The molecule has 1 rings (SSSR count). The van der Waals surface area contributed by atoms with Gasteiger partial charge >= 0.3 is 0 Å². The maximum absolute atomic E-state index is 8.46. The van der Waals surface area contributed by atoms with E-state index in [4.69, 9.17) is 28.5 Å². The smallest absolute Gasteiger partial charge is 0.141 e. The Morgan fingerprint density at radius 3 is 1.78 bits per heavy atom. The van der Waals surface area contributed by atoms with Crippen LogP contribution in [-0.2, 0) is 0 Å². The number of nitrogens with zero attached hydrogens (tertiary/aromatic N) is 1. The van der Waals surface area contributed by atoms with Crippen molar-refractivity contribution >= 4 is 23.2 Å². The molecule has 0 aromatic heterocycles. The molecule has 0 heterocycles. The van der Waals surface area contributed by atoms with Crippen molar-refractivity contribution in [2.75, 3.05) is 0 Å². The molecule has 0 radical (unpaired) electrons. The Kier molecular flexibility index (Phi) is 1.25. The lowest BCUT2D eigenvalue weighted by Crippen LogP contribution is -1.96. The van der Waals surface area contributed by atoms with Gasteiger partial charge in [0.05, 0.1) is 12.0 Å². The zero-order valence-electron chi connectivity index (χ0n) is 5.28. The highest BCUT2D eigenvalue weighted by Crippen LogP contribution is 2.68. The summed E-state index contributed by atoms with van der Waals surface area (Å²) in [4.78, 5) is 0. The summed E-state index contributed by atoms with van der Waals surface area (Å²) >= 11 is 11.5. The Morgan fingerprint density at radius 1 is 1.44 bits per heavy atom. The summed E-state index contributed by atoms with van der Waals surface area (Å²) in [5.41, 5.74) is -0.217. The molecule has 50 valence electrons. The van der Waals surface area contributed by atoms with Gasteiger partial charge < -0.3 is 0 Å². The molecular formula is C6H7Cl2N. The van der Waals surface area contributed by atoms with E-state index >= 15 is 0 Å². The van der Waals surface area contributed by atoms with Gasteiger partial charge in [-0.15, -0.1) is 0 Å². The first-order chi connectivity index (χ1) is 3.94. The molecule has 1 nitrogen and oxygen atoms in total. The predicted molar refractivity (Wildman–Crippen MR) is 37.3 cm³/mol. The molecule has 0 aromatic carbocycles. The van der Waals surface area contributed by atoms with Gasteiger partial charge in [-0.1, -0.05) is 37.0 Å². The summed E-state index contributed by atoms with van der Waals surface area (Å²) < 4.78 is -0.804. The lowest BCUT2D eigenvalue weighted by atomic mass is 10.1. The van der Waals surface area contributed by atoms with E-state index in [9.17, 15) is 0 Å². The van der Waals surface area contributed by atoms with E-state index in [0.29, 0.717) is 0 Å². The number of rotatable bonds is 0. The van der Waals surface area contributed by atoms with Crippen molar-refractivity contribution in [1.29, 1.82) is 5.26 Å². The normalized spacial score (nSPS) is 35.2. The molecule has 1 aliphatic carbocycles. The number of hydrogen-bond acceptors (Lipinski definition) is 1. The van der Waals surface area contributed by atoms with Crippen LogP contribution in [0, 0.1) is 22.7 Å². The van der Waals surface area contributed by atoms with Gasteiger partial charge in [0.25, 0.3) is 0 Å². The van der Waals surface area contributed by atoms with Crippen LogP contribution in [0.25, 0.3) is 0 Å². The van der Waals surface area contributed by atoms with Crippen molar-refractivity contribution in [3.63, 3.8) is 0 Å². The zero-order valence-corrected chi connectivity index (χ0v) is 6.79. The van der Waals surface area contributed by atoms with E-state index in [1.54, 1.807) is 0 Å². The van der Waals surface area contributed by atoms with E-state index in [0.717, 1.165) is 0 Å². The quantitative estimate of drug-likeness (QED) is 0.504. The zero-order chi connectivity index (χ0) is 7.28. The molecule has 0 aromatic rings. The topological polar surface area (TPSA) is 23.8 Å². The number of halogens is 2. The highest BCUT2D eigenvalue weighted by molar-refractivity contribution is 6.52. The van der Waals surface area contributed by atoms with Crippen molar-refractivity contribution in [1.82, 2.24) is 0 Å². The Labute approximate surface area is 64.6 Å². The van der Waals surface area contributed by atoms with Crippen LogP contribution in [0.3, 0.4) is 0 Å². The first-order valence-corrected chi connectivity index (χ1v) is 3.47. The van der Waals surface area contributed by atoms with E-state index in [2.05, 4.69) is 6.07 Å². The van der Waals surface area contributed by atoms with Crippen LogP contribution in [0.15, 0.2) is 0 Å². The van der Waals surface area contributed by atoms with Crippen molar-refractivity contribution < 1.29 is 0 Å². The summed E-state index contributed by atoms with van der Waals surface area (Å²) in [7, 11) is 0. The molecule has 1 unspecified atom stereocenters. The minimum Gasteiger partial charge on any atom is -0.198 e. The first kappa shape index (κ1) is 7.18. The van der Waals surface area contributed by atoms with Crippen LogP contribution in [0.5, 0.6) is 0 Å². The highest BCUT2D eigenvalue weighted by Gasteiger charge is 2.70. The lowest BCUT2D eigenvalue weighted by Gasteiger charge is -1.98. The third-order valence-corrected chi connectivity index (χ3v) is 3.40. The van der Waals surface area contributed by atoms with Gasteiger partial charge in [-0.25, -0.2) is 0 Å². The average molecular weight is 164 g/mol. The van der Waals surface area contributed by atoms with Gasteiger partial charge in [0.1, 0.15) is 4.33 Å². The summed E-state index contributed by atoms with van der Waals surface area (Å²) in [6.45, 7) is 3.78. The van der Waals surface area contributed by atoms with Crippen molar-refractivity contribution in [3.8, 4) is 6.07 Å². The van der Waals surface area contributed by atoms with Crippen LogP contribution in [0.1, 0.15) is 13.8 Å². The highest BCUT2D eigenvalue weighted by atomic mass is 35.5. The molecule has 0 bridgehead atoms. The van der Waals surface area contributed by atoms with Crippen LogP contribution in [0.2, 0.25) is 0 Å². The minimum absolute atomic E-state index is 0.201. The van der Waals surface area contributed by atoms with E-state index in [1.165, 1.54) is 0 Å². The SMILES string of the molecule is CC1(C)C(C#N)C1(Cl)Cl. The third-order valence-electron chi connectivity index (χ3n) is 1.99. The van der Waals surface area contributed by atoms with Gasteiger partial charge in [0.15, 0.2) is 0 Å². The summed E-state index contributed by atoms with van der Waals surface area (Å²) in [6.07, 6.45) is 0. The molecule has 0 amide bonds. The minimum atomic E-state index is -0.804. The van der Waals surface area contributed by atoms with Gasteiger partial charge in [-0.2, -0.15) is 5.26 Å². The standard InChI is InChI=1S/C6H7Cl2N/c1-5(2)4(3-9)6(5,7)8/h4H,1-2H3. The molecule has 1 aliphatic rings. The largest absolute Gasteiger partial charge is 0.198 e. The fraction of sp³-hybridized carbons (Fsp3) is 0.833. The molecule has 1 saturated carbocycles. The van der Waals surface area contributed by atoms with Gasteiger partial charge in [0, 0.05) is 5.41 Å². The second-order valence-corrected chi connectivity index (χ2v) is 4.29. The number of nitriles is 1. The molecule has 3 heteroatoms. The Bertz CT molecular complexity index is 164. The fourth-order valence-corrected chi connectivity index (χ4v) is 1.65. The Morgan fingerprint density at radius 2 is 1.78 bits per heavy atom. The number of hydrogen-bond donors (Lipinski definition) is 0. The van der Waals surface area contributed by atoms with E-state index in [1.807, 2.05) is 13.8 Å². The van der Waals surface area contributed by atoms with Crippen molar-refractivity contribution in [3.05, 3.63) is 0 Å².